The predicted octanol–water partition coefficient (Wildman–Crippen LogP) is 3.02. The lowest BCUT2D eigenvalue weighted by Gasteiger charge is -2.18. The molecule has 1 aliphatic heterocycles. The Morgan fingerprint density at radius 3 is 2.31 bits per heavy atom. The van der Waals surface area contributed by atoms with Gasteiger partial charge < -0.3 is 9.84 Å². The smallest absolute Gasteiger partial charge is 0.105 e. The van der Waals surface area contributed by atoms with Crippen LogP contribution in [0.2, 0.25) is 0 Å². The Kier molecular flexibility index (Phi) is 3.62. The van der Waals surface area contributed by atoms with Gasteiger partial charge in [0.2, 0.25) is 0 Å². The fraction of sp³-hybridized carbons (Fsp3) is 0.571. The summed E-state index contributed by atoms with van der Waals surface area (Å²) in [4.78, 5) is 0. The van der Waals surface area contributed by atoms with E-state index in [4.69, 9.17) is 4.74 Å². The van der Waals surface area contributed by atoms with E-state index in [0.29, 0.717) is 5.92 Å². The summed E-state index contributed by atoms with van der Waals surface area (Å²) in [5.41, 5.74) is 2.28. The lowest BCUT2D eigenvalue weighted by molar-refractivity contribution is -0.00259. The fourth-order valence-corrected chi connectivity index (χ4v) is 2.14. The van der Waals surface area contributed by atoms with E-state index in [1.165, 1.54) is 5.56 Å². The van der Waals surface area contributed by atoms with Gasteiger partial charge >= 0.3 is 0 Å². The van der Waals surface area contributed by atoms with Gasteiger partial charge in [0, 0.05) is 6.61 Å². The van der Waals surface area contributed by atoms with Gasteiger partial charge in [-0.15, -0.1) is 0 Å². The molecule has 2 heteroatoms. The van der Waals surface area contributed by atoms with Crippen LogP contribution in [0.15, 0.2) is 24.3 Å². The Hall–Kier alpha value is -0.860. The number of hydrogen-bond acceptors (Lipinski definition) is 2. The van der Waals surface area contributed by atoms with Gasteiger partial charge in [0.15, 0.2) is 0 Å². The molecular formula is C14H20O2. The van der Waals surface area contributed by atoms with E-state index >= 15 is 0 Å². The zero-order chi connectivity index (χ0) is 11.5. The second kappa shape index (κ2) is 4.98. The minimum Gasteiger partial charge on any atom is -0.386 e. The molecule has 2 atom stereocenters. The molecule has 1 aromatic carbocycles. The van der Waals surface area contributed by atoms with Crippen molar-refractivity contribution >= 4 is 0 Å². The number of hydrogen-bond donors (Lipinski definition) is 1. The maximum atomic E-state index is 10.1. The minimum atomic E-state index is -0.469. The monoisotopic (exact) mass is 220 g/mol. The van der Waals surface area contributed by atoms with Crippen molar-refractivity contribution in [2.75, 3.05) is 6.61 Å². The van der Waals surface area contributed by atoms with Gasteiger partial charge in [0.05, 0.1) is 6.10 Å². The minimum absolute atomic E-state index is 0.00935. The third-order valence-electron chi connectivity index (χ3n) is 3.26. The normalized spacial score (nSPS) is 22.6. The van der Waals surface area contributed by atoms with Crippen molar-refractivity contribution in [2.45, 2.75) is 44.8 Å². The Balaban J connectivity index is 2.08. The summed E-state index contributed by atoms with van der Waals surface area (Å²) >= 11 is 0. The van der Waals surface area contributed by atoms with E-state index in [9.17, 15) is 5.11 Å². The molecule has 0 amide bonds. The van der Waals surface area contributed by atoms with Crippen LogP contribution in [0.1, 0.15) is 49.8 Å². The van der Waals surface area contributed by atoms with Crippen LogP contribution < -0.4 is 0 Å². The number of benzene rings is 1. The fourth-order valence-electron chi connectivity index (χ4n) is 2.14. The van der Waals surface area contributed by atoms with Crippen LogP contribution in [0.4, 0.5) is 0 Å². The van der Waals surface area contributed by atoms with Crippen LogP contribution >= 0.6 is 0 Å². The second-order valence-corrected chi connectivity index (χ2v) is 4.82. The summed E-state index contributed by atoms with van der Waals surface area (Å²) in [5.74, 6) is 0.536. The van der Waals surface area contributed by atoms with Gasteiger partial charge in [-0.05, 0) is 29.9 Å². The SMILES string of the molecule is CC(C)c1ccc(C(O)C2CCCO2)cc1. The van der Waals surface area contributed by atoms with Gasteiger partial charge in [-0.3, -0.25) is 0 Å². The molecule has 1 heterocycles. The standard InChI is InChI=1S/C14H20O2/c1-10(2)11-5-7-12(8-6-11)14(15)13-4-3-9-16-13/h5-8,10,13-15H,3-4,9H2,1-2H3. The Labute approximate surface area is 97.3 Å². The highest BCUT2D eigenvalue weighted by Gasteiger charge is 2.25. The summed E-state index contributed by atoms with van der Waals surface area (Å²) in [6, 6.07) is 8.22. The van der Waals surface area contributed by atoms with Crippen molar-refractivity contribution in [1.29, 1.82) is 0 Å². The zero-order valence-corrected chi connectivity index (χ0v) is 10.0. The van der Waals surface area contributed by atoms with Crippen LogP contribution in [0.5, 0.6) is 0 Å². The Morgan fingerprint density at radius 1 is 1.19 bits per heavy atom. The molecule has 1 aliphatic rings. The third-order valence-corrected chi connectivity index (χ3v) is 3.26. The summed E-state index contributed by atoms with van der Waals surface area (Å²) in [6.45, 7) is 5.13. The molecule has 16 heavy (non-hydrogen) atoms. The summed E-state index contributed by atoms with van der Waals surface area (Å²) in [7, 11) is 0. The number of aliphatic hydroxyl groups is 1. The molecule has 2 unspecified atom stereocenters. The highest BCUT2D eigenvalue weighted by molar-refractivity contribution is 5.26. The van der Waals surface area contributed by atoms with E-state index in [2.05, 4.69) is 26.0 Å². The van der Waals surface area contributed by atoms with E-state index in [1.54, 1.807) is 0 Å². The molecule has 1 N–H and O–H groups in total. The average Bonchev–Trinajstić information content (AvgIpc) is 2.81. The molecule has 0 bridgehead atoms. The summed E-state index contributed by atoms with van der Waals surface area (Å²) in [5, 5.41) is 10.1. The molecule has 1 aromatic rings. The number of aliphatic hydroxyl groups excluding tert-OH is 1. The largest absolute Gasteiger partial charge is 0.386 e. The van der Waals surface area contributed by atoms with Crippen LogP contribution in [0.25, 0.3) is 0 Å². The molecule has 1 fully saturated rings. The first-order valence-corrected chi connectivity index (χ1v) is 6.08. The van der Waals surface area contributed by atoms with Crippen LogP contribution in [0, 0.1) is 0 Å². The third kappa shape index (κ3) is 2.45. The van der Waals surface area contributed by atoms with Gasteiger partial charge in [-0.1, -0.05) is 38.1 Å². The second-order valence-electron chi connectivity index (χ2n) is 4.82. The predicted molar refractivity (Wildman–Crippen MR) is 64.5 cm³/mol. The molecule has 2 rings (SSSR count). The number of rotatable bonds is 3. The number of ether oxygens (including phenoxy) is 1. The van der Waals surface area contributed by atoms with Crippen molar-refractivity contribution in [3.63, 3.8) is 0 Å². The van der Waals surface area contributed by atoms with Crippen LogP contribution in [-0.2, 0) is 4.74 Å². The summed E-state index contributed by atoms with van der Waals surface area (Å²) in [6.07, 6.45) is 1.55. The molecule has 2 nitrogen and oxygen atoms in total. The van der Waals surface area contributed by atoms with Gasteiger partial charge in [0.1, 0.15) is 6.10 Å². The van der Waals surface area contributed by atoms with Gasteiger partial charge in [-0.2, -0.15) is 0 Å². The van der Waals surface area contributed by atoms with Crippen molar-refractivity contribution in [1.82, 2.24) is 0 Å². The molecule has 1 saturated heterocycles. The van der Waals surface area contributed by atoms with Crippen molar-refractivity contribution in [3.8, 4) is 0 Å². The van der Waals surface area contributed by atoms with E-state index in [0.717, 1.165) is 25.0 Å². The topological polar surface area (TPSA) is 29.5 Å². The first-order chi connectivity index (χ1) is 7.68. The molecule has 88 valence electrons. The lowest BCUT2D eigenvalue weighted by atomic mass is 9.97. The average molecular weight is 220 g/mol. The maximum absolute atomic E-state index is 10.1. The molecule has 0 spiro atoms. The quantitative estimate of drug-likeness (QED) is 0.848. The highest BCUT2D eigenvalue weighted by Crippen LogP contribution is 2.27. The zero-order valence-electron chi connectivity index (χ0n) is 10.0. The van der Waals surface area contributed by atoms with Crippen LogP contribution in [0.3, 0.4) is 0 Å². The Bertz CT molecular complexity index is 323. The first kappa shape index (κ1) is 11.6. The van der Waals surface area contributed by atoms with Crippen molar-refractivity contribution in [3.05, 3.63) is 35.4 Å². The first-order valence-electron chi connectivity index (χ1n) is 6.08. The van der Waals surface area contributed by atoms with E-state index in [-0.39, 0.29) is 6.10 Å². The molecule has 0 aliphatic carbocycles. The van der Waals surface area contributed by atoms with Gasteiger partial charge in [-0.25, -0.2) is 0 Å². The lowest BCUT2D eigenvalue weighted by Crippen LogP contribution is -2.17. The molecule has 0 saturated carbocycles. The molecule has 0 aromatic heterocycles. The Morgan fingerprint density at radius 2 is 1.81 bits per heavy atom. The van der Waals surface area contributed by atoms with Crippen LogP contribution in [-0.4, -0.2) is 17.8 Å². The highest BCUT2D eigenvalue weighted by atomic mass is 16.5. The van der Waals surface area contributed by atoms with Crippen molar-refractivity contribution in [2.24, 2.45) is 0 Å². The van der Waals surface area contributed by atoms with Crippen molar-refractivity contribution < 1.29 is 9.84 Å². The van der Waals surface area contributed by atoms with E-state index < -0.39 is 6.10 Å². The van der Waals surface area contributed by atoms with E-state index in [1.807, 2.05) is 12.1 Å². The molecular weight excluding hydrogens is 200 g/mol. The molecule has 0 radical (unpaired) electrons. The van der Waals surface area contributed by atoms with Gasteiger partial charge in [0.25, 0.3) is 0 Å². The maximum Gasteiger partial charge on any atom is 0.105 e. The summed E-state index contributed by atoms with van der Waals surface area (Å²) < 4.78 is 5.50.